The lowest BCUT2D eigenvalue weighted by Gasteiger charge is -2.03. The number of hydrogen-bond acceptors (Lipinski definition) is 4. The number of aryl methyl sites for hydroxylation is 2. The number of rotatable bonds is 9. The molecule has 0 atom stereocenters. The highest BCUT2D eigenvalue weighted by Crippen LogP contribution is 2.06. The van der Waals surface area contributed by atoms with E-state index in [1.54, 1.807) is 4.68 Å². The Morgan fingerprint density at radius 1 is 1.26 bits per heavy atom. The molecule has 0 aliphatic carbocycles. The fourth-order valence-electron chi connectivity index (χ4n) is 1.89. The van der Waals surface area contributed by atoms with Gasteiger partial charge in [-0.3, -0.25) is 4.68 Å². The summed E-state index contributed by atoms with van der Waals surface area (Å²) in [7, 11) is -2.93. The normalized spacial score (nSPS) is 11.9. The molecule has 1 aromatic rings. The van der Waals surface area contributed by atoms with Crippen molar-refractivity contribution in [3.8, 4) is 0 Å². The van der Waals surface area contributed by atoms with Gasteiger partial charge in [0.05, 0.1) is 18.0 Å². The summed E-state index contributed by atoms with van der Waals surface area (Å²) >= 11 is 0. The number of sulfone groups is 1. The first-order valence-electron chi connectivity index (χ1n) is 6.92. The maximum Gasteiger partial charge on any atom is 0.152 e. The highest BCUT2D eigenvalue weighted by Gasteiger charge is 2.11. The van der Waals surface area contributed by atoms with E-state index in [0.29, 0.717) is 13.0 Å². The van der Waals surface area contributed by atoms with Crippen LogP contribution >= 0.6 is 0 Å². The zero-order valence-electron chi connectivity index (χ0n) is 12.1. The second kappa shape index (κ2) is 7.65. The highest BCUT2D eigenvalue weighted by molar-refractivity contribution is 7.91. The van der Waals surface area contributed by atoms with Crippen LogP contribution in [0.15, 0.2) is 6.20 Å². The minimum Gasteiger partial charge on any atom is -0.313 e. The van der Waals surface area contributed by atoms with E-state index in [0.717, 1.165) is 30.8 Å². The van der Waals surface area contributed by atoms with Crippen LogP contribution in [0.25, 0.3) is 0 Å². The predicted octanol–water partition coefficient (Wildman–Crippen LogP) is 1.52. The minimum absolute atomic E-state index is 0.170. The third-order valence-electron chi connectivity index (χ3n) is 2.94. The third-order valence-corrected chi connectivity index (χ3v) is 4.77. The van der Waals surface area contributed by atoms with Crippen molar-refractivity contribution >= 4 is 9.84 Å². The maximum absolute atomic E-state index is 11.7. The summed E-state index contributed by atoms with van der Waals surface area (Å²) in [5, 5.41) is 7.69. The summed E-state index contributed by atoms with van der Waals surface area (Å²) in [6.45, 7) is 8.18. The highest BCUT2D eigenvalue weighted by atomic mass is 32.2. The SMILES string of the molecule is CCCNCc1cn(CCS(=O)(=O)CCC)nc1C. The second-order valence-corrected chi connectivity index (χ2v) is 7.14. The predicted molar refractivity (Wildman–Crippen MR) is 77.9 cm³/mol. The van der Waals surface area contributed by atoms with Crippen LogP contribution in [0.3, 0.4) is 0 Å². The molecule has 1 heterocycles. The Kier molecular flexibility index (Phi) is 6.51. The van der Waals surface area contributed by atoms with Crippen molar-refractivity contribution in [1.82, 2.24) is 15.1 Å². The molecular formula is C13H25N3O2S. The molecule has 0 bridgehead atoms. The lowest BCUT2D eigenvalue weighted by Crippen LogP contribution is -2.16. The molecular weight excluding hydrogens is 262 g/mol. The van der Waals surface area contributed by atoms with E-state index in [1.807, 2.05) is 20.0 Å². The van der Waals surface area contributed by atoms with Gasteiger partial charge in [0.2, 0.25) is 0 Å². The van der Waals surface area contributed by atoms with Crippen LogP contribution in [-0.4, -0.2) is 36.2 Å². The van der Waals surface area contributed by atoms with Crippen LogP contribution in [0.2, 0.25) is 0 Å². The zero-order valence-corrected chi connectivity index (χ0v) is 13.0. The Morgan fingerprint density at radius 3 is 2.63 bits per heavy atom. The van der Waals surface area contributed by atoms with Crippen LogP contribution in [0.5, 0.6) is 0 Å². The fraction of sp³-hybridized carbons (Fsp3) is 0.769. The summed E-state index contributed by atoms with van der Waals surface area (Å²) in [6.07, 6.45) is 3.72. The van der Waals surface area contributed by atoms with E-state index in [9.17, 15) is 8.42 Å². The van der Waals surface area contributed by atoms with Crippen LogP contribution < -0.4 is 5.32 Å². The Bertz CT molecular complexity index is 480. The van der Waals surface area contributed by atoms with E-state index in [1.165, 1.54) is 0 Å². The van der Waals surface area contributed by atoms with Crippen LogP contribution in [-0.2, 0) is 22.9 Å². The van der Waals surface area contributed by atoms with Gasteiger partial charge in [0.25, 0.3) is 0 Å². The Hall–Kier alpha value is -0.880. The van der Waals surface area contributed by atoms with Gasteiger partial charge in [0.1, 0.15) is 0 Å². The molecule has 5 nitrogen and oxygen atoms in total. The number of hydrogen-bond donors (Lipinski definition) is 1. The van der Waals surface area contributed by atoms with Gasteiger partial charge >= 0.3 is 0 Å². The van der Waals surface area contributed by atoms with Crippen molar-refractivity contribution in [2.75, 3.05) is 18.1 Å². The van der Waals surface area contributed by atoms with E-state index in [2.05, 4.69) is 17.3 Å². The van der Waals surface area contributed by atoms with Gasteiger partial charge in [0.15, 0.2) is 9.84 Å². The first-order chi connectivity index (χ1) is 8.98. The Balaban J connectivity index is 2.54. The molecule has 0 aliphatic heterocycles. The molecule has 0 aromatic carbocycles. The lowest BCUT2D eigenvalue weighted by atomic mass is 10.2. The zero-order chi connectivity index (χ0) is 14.3. The first-order valence-corrected chi connectivity index (χ1v) is 8.74. The van der Waals surface area contributed by atoms with Crippen molar-refractivity contribution in [3.63, 3.8) is 0 Å². The van der Waals surface area contributed by atoms with E-state index in [-0.39, 0.29) is 11.5 Å². The average molecular weight is 287 g/mol. The molecule has 0 saturated heterocycles. The van der Waals surface area contributed by atoms with Crippen molar-refractivity contribution in [2.24, 2.45) is 0 Å². The lowest BCUT2D eigenvalue weighted by molar-refractivity contribution is 0.578. The topological polar surface area (TPSA) is 64.0 Å². The van der Waals surface area contributed by atoms with Crippen molar-refractivity contribution in [1.29, 1.82) is 0 Å². The third kappa shape index (κ3) is 5.74. The molecule has 0 unspecified atom stereocenters. The number of nitrogens with zero attached hydrogens (tertiary/aromatic N) is 2. The molecule has 0 spiro atoms. The summed E-state index contributed by atoms with van der Waals surface area (Å²) < 4.78 is 25.0. The molecule has 0 fully saturated rings. The molecule has 1 aromatic heterocycles. The smallest absolute Gasteiger partial charge is 0.152 e. The molecule has 0 aliphatic rings. The van der Waals surface area contributed by atoms with Gasteiger partial charge < -0.3 is 5.32 Å². The van der Waals surface area contributed by atoms with Crippen molar-refractivity contribution in [3.05, 3.63) is 17.5 Å². The summed E-state index contributed by atoms with van der Waals surface area (Å²) in [5.74, 6) is 0.432. The monoisotopic (exact) mass is 287 g/mol. The number of nitrogens with one attached hydrogen (secondary N) is 1. The largest absolute Gasteiger partial charge is 0.313 e. The summed E-state index contributed by atoms with van der Waals surface area (Å²) in [6, 6.07) is 0. The molecule has 19 heavy (non-hydrogen) atoms. The Labute approximate surface area is 116 Å². The van der Waals surface area contributed by atoms with Gasteiger partial charge in [-0.2, -0.15) is 5.10 Å². The number of aromatic nitrogens is 2. The van der Waals surface area contributed by atoms with E-state index < -0.39 is 9.84 Å². The summed E-state index contributed by atoms with van der Waals surface area (Å²) in [4.78, 5) is 0. The van der Waals surface area contributed by atoms with Crippen LogP contribution in [0.4, 0.5) is 0 Å². The van der Waals surface area contributed by atoms with E-state index >= 15 is 0 Å². The summed E-state index contributed by atoms with van der Waals surface area (Å²) in [5.41, 5.74) is 2.11. The van der Waals surface area contributed by atoms with Crippen molar-refractivity contribution < 1.29 is 8.42 Å². The molecule has 0 saturated carbocycles. The van der Waals surface area contributed by atoms with Crippen LogP contribution in [0.1, 0.15) is 37.9 Å². The maximum atomic E-state index is 11.7. The van der Waals surface area contributed by atoms with Gasteiger partial charge in [-0.1, -0.05) is 13.8 Å². The van der Waals surface area contributed by atoms with Gasteiger partial charge in [-0.15, -0.1) is 0 Å². The minimum atomic E-state index is -2.93. The Morgan fingerprint density at radius 2 is 2.00 bits per heavy atom. The second-order valence-electron chi connectivity index (χ2n) is 4.83. The standard InChI is InChI=1S/C13H25N3O2S/c1-4-6-14-10-13-11-16(15-12(13)3)7-9-19(17,18)8-5-2/h11,14H,4-10H2,1-3H3. The van der Waals surface area contributed by atoms with Gasteiger partial charge in [-0.25, -0.2) is 8.42 Å². The quantitative estimate of drug-likeness (QED) is 0.699. The molecule has 1 N–H and O–H groups in total. The molecule has 110 valence electrons. The van der Waals surface area contributed by atoms with Gasteiger partial charge in [-0.05, 0) is 26.3 Å². The molecule has 0 radical (unpaired) electrons. The van der Waals surface area contributed by atoms with E-state index in [4.69, 9.17) is 0 Å². The molecule has 6 heteroatoms. The van der Waals surface area contributed by atoms with Crippen molar-refractivity contribution in [2.45, 2.75) is 46.7 Å². The fourth-order valence-corrected chi connectivity index (χ4v) is 3.18. The average Bonchev–Trinajstić information content (AvgIpc) is 2.68. The molecule has 1 rings (SSSR count). The van der Waals surface area contributed by atoms with Gasteiger partial charge in [0, 0.05) is 24.1 Å². The first kappa shape index (κ1) is 16.2. The van der Waals surface area contributed by atoms with Crippen LogP contribution in [0, 0.1) is 6.92 Å². The molecule has 0 amide bonds.